The Morgan fingerprint density at radius 3 is 1.09 bits per heavy atom. The minimum atomic E-state index is -0.322. The Morgan fingerprint density at radius 2 is 0.750 bits per heavy atom. The van der Waals surface area contributed by atoms with E-state index in [1.54, 1.807) is 36.4 Å². The van der Waals surface area contributed by atoms with E-state index < -0.39 is 0 Å². The molecule has 0 amide bonds. The van der Waals surface area contributed by atoms with Crippen LogP contribution < -0.4 is 10.4 Å². The van der Waals surface area contributed by atoms with Crippen LogP contribution in [0.1, 0.15) is 0 Å². The zero-order valence-electron chi connectivity index (χ0n) is 29.1. The molecular weight excluding hydrogens is 711 g/mol. The van der Waals surface area contributed by atoms with E-state index in [0.29, 0.717) is 33.2 Å². The summed E-state index contributed by atoms with van der Waals surface area (Å²) in [5, 5.41) is 75.1. The molecule has 0 fully saturated rings. The molecular formula is C44H26F2N8O2. The van der Waals surface area contributed by atoms with E-state index >= 15 is 0 Å². The topological polar surface area (TPSA) is 185 Å². The van der Waals surface area contributed by atoms with E-state index in [1.165, 1.54) is 72.8 Å². The molecule has 0 heterocycles. The fraction of sp³-hybridized carbons (Fsp3) is 0. The molecule has 7 aromatic rings. The van der Waals surface area contributed by atoms with E-state index in [1.807, 2.05) is 60.7 Å². The molecule has 7 rings (SSSR count). The van der Waals surface area contributed by atoms with Crippen LogP contribution >= 0.6 is 0 Å². The van der Waals surface area contributed by atoms with Gasteiger partial charge in [0.1, 0.15) is 69.9 Å². The molecule has 0 radical (unpaired) electrons. The third kappa shape index (κ3) is 9.84. The van der Waals surface area contributed by atoms with Gasteiger partial charge in [0.15, 0.2) is 0 Å². The van der Waals surface area contributed by atoms with Crippen LogP contribution in [0.3, 0.4) is 0 Å². The summed E-state index contributed by atoms with van der Waals surface area (Å²) in [5.74, 6) is -0.516. The third-order valence-electron chi connectivity index (χ3n) is 7.85. The fourth-order valence-corrected chi connectivity index (χ4v) is 5.04. The van der Waals surface area contributed by atoms with Crippen molar-refractivity contribution in [2.75, 3.05) is 0 Å². The van der Waals surface area contributed by atoms with Gasteiger partial charge in [0.25, 0.3) is 0 Å². The Balaban J connectivity index is 0.000000162. The Hall–Kier alpha value is -8.58. The zero-order valence-corrected chi connectivity index (χ0v) is 29.1. The summed E-state index contributed by atoms with van der Waals surface area (Å²) in [4.78, 5) is 0. The van der Waals surface area contributed by atoms with E-state index in [9.17, 15) is 19.0 Å². The second-order valence-electron chi connectivity index (χ2n) is 11.4. The van der Waals surface area contributed by atoms with Crippen LogP contribution in [-0.2, 0) is 0 Å². The molecule has 0 atom stereocenters. The summed E-state index contributed by atoms with van der Waals surface area (Å²) in [7, 11) is 0. The molecule has 268 valence electrons. The lowest BCUT2D eigenvalue weighted by atomic mass is 10.1. The number of fused-ring (bicyclic) bond motifs is 2. The van der Waals surface area contributed by atoms with Gasteiger partial charge in [-0.2, -0.15) is 31.3 Å². The number of halogens is 2. The van der Waals surface area contributed by atoms with Crippen molar-refractivity contribution in [2.45, 2.75) is 0 Å². The second-order valence-corrected chi connectivity index (χ2v) is 11.4. The number of phenolic OH excluding ortho intramolecular Hbond substituents is 2. The van der Waals surface area contributed by atoms with Gasteiger partial charge in [-0.1, -0.05) is 84.9 Å². The number of rotatable bonds is 4. The number of azo groups is 2. The van der Waals surface area contributed by atoms with E-state index in [-0.39, 0.29) is 34.3 Å². The first-order chi connectivity index (χ1) is 27.2. The first kappa shape index (κ1) is 38.6. The maximum absolute atomic E-state index is 12.8. The van der Waals surface area contributed by atoms with Gasteiger partial charge in [0.05, 0.1) is 11.4 Å². The van der Waals surface area contributed by atoms with Crippen molar-refractivity contribution < 1.29 is 19.0 Å². The van der Waals surface area contributed by atoms with Crippen LogP contribution in [0.2, 0.25) is 0 Å². The number of nitrogens with zero attached hydrogens (tertiary/aromatic N) is 8. The molecule has 0 unspecified atom stereocenters. The maximum atomic E-state index is 12.8. The van der Waals surface area contributed by atoms with Gasteiger partial charge in [-0.15, -0.1) is 10.2 Å². The summed E-state index contributed by atoms with van der Waals surface area (Å²) in [6, 6.07) is 46.6. The Kier molecular flexibility index (Phi) is 13.0. The van der Waals surface area contributed by atoms with Crippen molar-refractivity contribution in [3.63, 3.8) is 0 Å². The van der Waals surface area contributed by atoms with E-state index in [0.717, 1.165) is 21.5 Å². The Labute approximate surface area is 318 Å². The van der Waals surface area contributed by atoms with Gasteiger partial charge in [-0.25, -0.2) is 8.78 Å². The summed E-state index contributed by atoms with van der Waals surface area (Å²) < 4.78 is 25.6. The lowest BCUT2D eigenvalue weighted by molar-refractivity contribution is 0.476. The van der Waals surface area contributed by atoms with Gasteiger partial charge in [-0.05, 0) is 71.4 Å². The molecule has 0 spiro atoms. The smallest absolute Gasteiger partial charge is 0.143 e. The maximum Gasteiger partial charge on any atom is 0.143 e. The van der Waals surface area contributed by atoms with Gasteiger partial charge in [0, 0.05) is 21.2 Å². The molecule has 0 aliphatic rings. The minimum Gasteiger partial charge on any atom is -0.506 e. The number of hydrogen-bond donors (Lipinski definition) is 2. The SMILES string of the molecule is N#CC(C#N)=c1ccc(=C(C#N)C#N)cc1.Oc1ccc2ccccc2c1N=Nc1ccc(F)cc1.Oc1ccc2ccccc2c1N=Nc1ccc(F)cc1. The standard InChI is InChI=1S/2C16H11FN2O.C12H4N4/c2*17-12-6-8-13(9-7-12)18-19-16-14-4-2-1-3-11(14)5-10-15(16)20;13-5-11(6-14)9-1-2-10(4-3-9)12(7-15)8-16/h2*1-10,20H;1-4H. The molecule has 0 bridgehead atoms. The van der Waals surface area contributed by atoms with E-state index in [4.69, 9.17) is 21.0 Å². The molecule has 0 saturated carbocycles. The highest BCUT2D eigenvalue weighted by atomic mass is 19.1. The average Bonchev–Trinajstić information content (AvgIpc) is 3.23. The minimum absolute atomic E-state index is 0.00187. The van der Waals surface area contributed by atoms with Gasteiger partial charge >= 0.3 is 0 Å². The molecule has 12 heteroatoms. The summed E-state index contributed by atoms with van der Waals surface area (Å²) >= 11 is 0. The van der Waals surface area contributed by atoms with Crippen LogP contribution in [-0.4, -0.2) is 10.2 Å². The van der Waals surface area contributed by atoms with E-state index in [2.05, 4.69) is 20.5 Å². The fourth-order valence-electron chi connectivity index (χ4n) is 5.04. The number of benzene rings is 7. The second kappa shape index (κ2) is 18.8. The Morgan fingerprint density at radius 1 is 0.411 bits per heavy atom. The van der Waals surface area contributed by atoms with Crippen LogP contribution in [0.5, 0.6) is 11.5 Å². The van der Waals surface area contributed by atoms with Crippen LogP contribution in [0, 0.1) is 57.0 Å². The number of aromatic hydroxyl groups is 2. The molecule has 7 aromatic carbocycles. The summed E-state index contributed by atoms with van der Waals surface area (Å²) in [6.45, 7) is 0. The average molecular weight is 737 g/mol. The van der Waals surface area contributed by atoms with Crippen molar-refractivity contribution in [2.24, 2.45) is 20.5 Å². The molecule has 0 aliphatic heterocycles. The van der Waals surface area contributed by atoms with Crippen molar-refractivity contribution in [1.29, 1.82) is 21.0 Å². The van der Waals surface area contributed by atoms with Gasteiger partial charge in [-0.3, -0.25) is 0 Å². The molecule has 10 nitrogen and oxygen atoms in total. The van der Waals surface area contributed by atoms with Crippen molar-refractivity contribution in [1.82, 2.24) is 0 Å². The predicted octanol–water partition coefficient (Wildman–Crippen LogP) is 10.3. The van der Waals surface area contributed by atoms with Crippen LogP contribution in [0.25, 0.3) is 32.7 Å². The van der Waals surface area contributed by atoms with Crippen molar-refractivity contribution >= 4 is 55.4 Å². The molecule has 0 aromatic heterocycles. The van der Waals surface area contributed by atoms with Crippen molar-refractivity contribution in [3.8, 4) is 35.8 Å². The molecule has 56 heavy (non-hydrogen) atoms. The van der Waals surface area contributed by atoms with Crippen molar-refractivity contribution in [3.05, 3.63) is 168 Å². The first-order valence-electron chi connectivity index (χ1n) is 16.5. The highest BCUT2D eigenvalue weighted by Gasteiger charge is 2.07. The van der Waals surface area contributed by atoms with Crippen LogP contribution in [0.15, 0.2) is 166 Å². The normalized spacial score (nSPS) is 10.2. The molecule has 0 aliphatic carbocycles. The largest absolute Gasteiger partial charge is 0.506 e. The monoisotopic (exact) mass is 736 g/mol. The number of nitriles is 4. The first-order valence-corrected chi connectivity index (χ1v) is 16.5. The Bertz CT molecular complexity index is 2650. The number of hydrogen-bond acceptors (Lipinski definition) is 10. The summed E-state index contributed by atoms with van der Waals surface area (Å²) in [6.07, 6.45) is 0. The predicted molar refractivity (Wildman–Crippen MR) is 207 cm³/mol. The lowest BCUT2D eigenvalue weighted by Crippen LogP contribution is -2.11. The number of phenols is 2. The highest BCUT2D eigenvalue weighted by Crippen LogP contribution is 2.37. The molecule has 2 N–H and O–H groups in total. The zero-order chi connectivity index (χ0) is 39.9. The van der Waals surface area contributed by atoms with Crippen LogP contribution in [0.4, 0.5) is 31.5 Å². The molecule has 0 saturated heterocycles. The lowest BCUT2D eigenvalue weighted by Gasteiger charge is -2.03. The highest BCUT2D eigenvalue weighted by molar-refractivity contribution is 5.96. The van der Waals surface area contributed by atoms with Gasteiger partial charge < -0.3 is 10.2 Å². The van der Waals surface area contributed by atoms with Gasteiger partial charge in [0.2, 0.25) is 0 Å². The quantitative estimate of drug-likeness (QED) is 0.169. The third-order valence-corrected chi connectivity index (χ3v) is 7.85. The summed E-state index contributed by atoms with van der Waals surface area (Å²) in [5.41, 5.74) is 1.88.